The fourth-order valence-electron chi connectivity index (χ4n) is 1.89. The summed E-state index contributed by atoms with van der Waals surface area (Å²) in [6.45, 7) is 6.77. The molecule has 0 unspecified atom stereocenters. The van der Waals surface area contributed by atoms with Crippen LogP contribution in [0.1, 0.15) is 62.4 Å². The Balaban J connectivity index is 2.40. The number of rotatable bonds is 8. The van der Waals surface area contributed by atoms with Crippen LogP contribution in [0.25, 0.3) is 0 Å². The van der Waals surface area contributed by atoms with Gasteiger partial charge in [-0.2, -0.15) is 0 Å². The summed E-state index contributed by atoms with van der Waals surface area (Å²) in [4.78, 5) is 11.7. The van der Waals surface area contributed by atoms with Gasteiger partial charge in [0.15, 0.2) is 0 Å². The molecule has 0 aliphatic rings. The summed E-state index contributed by atoms with van der Waals surface area (Å²) in [5.41, 5.74) is 1.95. The first-order valence-electron chi connectivity index (χ1n) is 7.39. The van der Waals surface area contributed by atoms with Gasteiger partial charge in [0.1, 0.15) is 0 Å². The van der Waals surface area contributed by atoms with Gasteiger partial charge in [0.2, 0.25) is 0 Å². The van der Waals surface area contributed by atoms with E-state index in [0.717, 1.165) is 6.42 Å². The zero-order valence-electron chi connectivity index (χ0n) is 12.4. The molecular weight excluding hydrogens is 236 g/mol. The number of carbonyl (C=O) groups excluding carboxylic acids is 1. The molecule has 1 aromatic carbocycles. The van der Waals surface area contributed by atoms with Crippen molar-refractivity contribution < 1.29 is 9.53 Å². The lowest BCUT2D eigenvalue weighted by molar-refractivity contribution is 0.0459. The average Bonchev–Trinajstić information content (AvgIpc) is 2.41. The van der Waals surface area contributed by atoms with Gasteiger partial charge in [0.25, 0.3) is 0 Å². The van der Waals surface area contributed by atoms with Crippen molar-refractivity contribution in [3.8, 4) is 0 Å². The highest BCUT2D eigenvalue weighted by atomic mass is 16.5. The van der Waals surface area contributed by atoms with Crippen molar-refractivity contribution in [1.29, 1.82) is 0 Å². The summed E-state index contributed by atoms with van der Waals surface area (Å²) in [6, 6.07) is 7.82. The molecule has 106 valence electrons. The molecule has 0 spiro atoms. The number of esters is 1. The quantitative estimate of drug-likeness (QED) is 0.504. The van der Waals surface area contributed by atoms with Gasteiger partial charge in [-0.15, -0.1) is 0 Å². The largest absolute Gasteiger partial charge is 0.462 e. The van der Waals surface area contributed by atoms with Crippen molar-refractivity contribution in [3.05, 3.63) is 35.4 Å². The molecule has 1 aromatic rings. The van der Waals surface area contributed by atoms with Gasteiger partial charge in [0, 0.05) is 0 Å². The number of aryl methyl sites for hydroxylation is 1. The maximum absolute atomic E-state index is 11.7. The summed E-state index contributed by atoms with van der Waals surface area (Å²) in [7, 11) is 0. The Labute approximate surface area is 117 Å². The number of carbonyl (C=O) groups is 1. The van der Waals surface area contributed by atoms with E-state index in [1.807, 2.05) is 38.1 Å². The minimum atomic E-state index is -0.216. The number of ether oxygens (including phenoxy) is 1. The van der Waals surface area contributed by atoms with Gasteiger partial charge in [-0.05, 0) is 36.5 Å². The number of hydrogen-bond acceptors (Lipinski definition) is 2. The van der Waals surface area contributed by atoms with Crippen molar-refractivity contribution >= 4 is 5.97 Å². The smallest absolute Gasteiger partial charge is 0.338 e. The highest BCUT2D eigenvalue weighted by Crippen LogP contribution is 2.11. The van der Waals surface area contributed by atoms with E-state index < -0.39 is 0 Å². The molecule has 2 heteroatoms. The molecule has 0 saturated carbocycles. The Morgan fingerprint density at radius 2 is 1.79 bits per heavy atom. The summed E-state index contributed by atoms with van der Waals surface area (Å²) in [6.07, 6.45) is 6.18. The van der Waals surface area contributed by atoms with Crippen LogP contribution in [0.2, 0.25) is 0 Å². The fraction of sp³-hybridized carbons (Fsp3) is 0.588. The van der Waals surface area contributed by atoms with Crippen LogP contribution in [-0.4, -0.2) is 12.6 Å². The molecule has 0 fully saturated rings. The maximum Gasteiger partial charge on any atom is 0.338 e. The molecule has 0 aliphatic heterocycles. The Morgan fingerprint density at radius 3 is 2.37 bits per heavy atom. The Kier molecular flexibility index (Phi) is 7.24. The molecule has 2 nitrogen and oxygen atoms in total. The minimum absolute atomic E-state index is 0.216. The second-order valence-electron chi connectivity index (χ2n) is 5.50. The predicted molar refractivity (Wildman–Crippen MR) is 79.4 cm³/mol. The molecule has 1 rings (SSSR count). The van der Waals surface area contributed by atoms with E-state index in [1.54, 1.807) is 0 Å². The normalized spacial score (nSPS) is 10.7. The van der Waals surface area contributed by atoms with Gasteiger partial charge in [-0.3, -0.25) is 0 Å². The maximum atomic E-state index is 11.7. The van der Waals surface area contributed by atoms with Crippen molar-refractivity contribution in [2.75, 3.05) is 6.61 Å². The van der Waals surface area contributed by atoms with E-state index >= 15 is 0 Å². The molecule has 0 saturated heterocycles. The summed E-state index contributed by atoms with van der Waals surface area (Å²) in [5, 5.41) is 0. The molecule has 0 heterocycles. The first-order chi connectivity index (χ1) is 9.13. The van der Waals surface area contributed by atoms with Crippen LogP contribution in [0.3, 0.4) is 0 Å². The summed E-state index contributed by atoms with van der Waals surface area (Å²) in [5.74, 6) is 0.160. The third kappa shape index (κ3) is 6.42. The van der Waals surface area contributed by atoms with Crippen LogP contribution in [0.15, 0.2) is 24.3 Å². The highest BCUT2D eigenvalue weighted by Gasteiger charge is 2.07. The first-order valence-corrected chi connectivity index (χ1v) is 7.39. The third-order valence-corrected chi connectivity index (χ3v) is 3.06. The topological polar surface area (TPSA) is 26.3 Å². The molecule has 19 heavy (non-hydrogen) atoms. The average molecular weight is 262 g/mol. The Bertz CT molecular complexity index is 365. The van der Waals surface area contributed by atoms with Crippen LogP contribution >= 0.6 is 0 Å². The van der Waals surface area contributed by atoms with Crippen LogP contribution in [0.5, 0.6) is 0 Å². The van der Waals surface area contributed by atoms with Crippen molar-refractivity contribution in [2.24, 2.45) is 5.92 Å². The Morgan fingerprint density at radius 1 is 1.11 bits per heavy atom. The van der Waals surface area contributed by atoms with Crippen molar-refractivity contribution in [2.45, 2.75) is 52.9 Å². The van der Waals surface area contributed by atoms with Crippen molar-refractivity contribution in [3.63, 3.8) is 0 Å². The van der Waals surface area contributed by atoms with Gasteiger partial charge in [-0.1, -0.05) is 52.2 Å². The van der Waals surface area contributed by atoms with Gasteiger partial charge >= 0.3 is 5.97 Å². The second kappa shape index (κ2) is 8.73. The molecule has 0 amide bonds. The molecule has 0 bridgehead atoms. The van der Waals surface area contributed by atoms with Gasteiger partial charge in [-0.25, -0.2) is 4.79 Å². The van der Waals surface area contributed by atoms with E-state index in [2.05, 4.69) is 6.92 Å². The molecule has 0 aliphatic carbocycles. The van der Waals surface area contributed by atoms with Crippen LogP contribution in [0, 0.1) is 5.92 Å². The molecule has 0 N–H and O–H groups in total. The van der Waals surface area contributed by atoms with Crippen LogP contribution in [-0.2, 0) is 11.2 Å². The minimum Gasteiger partial charge on any atom is -0.462 e. The molecule has 0 atom stereocenters. The van der Waals surface area contributed by atoms with Crippen molar-refractivity contribution in [1.82, 2.24) is 0 Å². The highest BCUT2D eigenvalue weighted by molar-refractivity contribution is 5.89. The lowest BCUT2D eigenvalue weighted by Gasteiger charge is -2.07. The number of hydrogen-bond donors (Lipinski definition) is 0. The second-order valence-corrected chi connectivity index (χ2v) is 5.50. The van der Waals surface area contributed by atoms with Gasteiger partial charge in [0.05, 0.1) is 12.2 Å². The fourth-order valence-corrected chi connectivity index (χ4v) is 1.89. The summed E-state index contributed by atoms with van der Waals surface area (Å²) < 4.78 is 5.20. The standard InChI is InChI=1S/C17H26O2/c1-4-5-6-7-8-15-9-11-16(12-10-15)17(18)19-13-14(2)3/h9-12,14H,4-8,13H2,1-3H3. The van der Waals surface area contributed by atoms with Gasteiger partial charge < -0.3 is 4.74 Å². The number of unbranched alkanes of at least 4 members (excludes halogenated alkanes) is 3. The monoisotopic (exact) mass is 262 g/mol. The third-order valence-electron chi connectivity index (χ3n) is 3.06. The zero-order chi connectivity index (χ0) is 14.1. The first kappa shape index (κ1) is 15.7. The molecule has 0 aromatic heterocycles. The van der Waals surface area contributed by atoms with Crippen LogP contribution < -0.4 is 0 Å². The molecule has 0 radical (unpaired) electrons. The predicted octanol–water partition coefficient (Wildman–Crippen LogP) is 4.62. The summed E-state index contributed by atoms with van der Waals surface area (Å²) >= 11 is 0. The Hall–Kier alpha value is -1.31. The lowest BCUT2D eigenvalue weighted by atomic mass is 10.0. The van der Waals surface area contributed by atoms with E-state index in [-0.39, 0.29) is 5.97 Å². The number of benzene rings is 1. The molecular formula is C17H26O2. The van der Waals surface area contributed by atoms with E-state index in [9.17, 15) is 4.79 Å². The SMILES string of the molecule is CCCCCCc1ccc(C(=O)OCC(C)C)cc1. The zero-order valence-corrected chi connectivity index (χ0v) is 12.4. The van der Waals surface area contributed by atoms with E-state index in [0.29, 0.717) is 18.1 Å². The van der Waals surface area contributed by atoms with Crippen LogP contribution in [0.4, 0.5) is 0 Å². The van der Waals surface area contributed by atoms with E-state index in [1.165, 1.54) is 31.2 Å². The van der Waals surface area contributed by atoms with E-state index in [4.69, 9.17) is 4.74 Å². The lowest BCUT2D eigenvalue weighted by Crippen LogP contribution is -2.10.